The van der Waals surface area contributed by atoms with Gasteiger partial charge in [0.2, 0.25) is 0 Å². The van der Waals surface area contributed by atoms with Crippen LogP contribution in [0, 0.1) is 23.5 Å². The molecule has 0 amide bonds. The highest BCUT2D eigenvalue weighted by Crippen LogP contribution is 2.43. The first-order valence-electron chi connectivity index (χ1n) is 6.53. The second-order valence-electron chi connectivity index (χ2n) is 5.41. The first-order valence-corrected chi connectivity index (χ1v) is 6.53. The average Bonchev–Trinajstić information content (AvgIpc) is 2.71. The Morgan fingerprint density at radius 1 is 1.28 bits per heavy atom. The summed E-state index contributed by atoms with van der Waals surface area (Å²) >= 11 is 0. The van der Waals surface area contributed by atoms with Gasteiger partial charge in [-0.15, -0.1) is 0 Å². The Balaban J connectivity index is 1.66. The van der Waals surface area contributed by atoms with Crippen molar-refractivity contribution >= 4 is 0 Å². The molecular formula is C15H17F2N. The molecule has 2 aliphatic carbocycles. The number of fused-ring (bicyclic) bond motifs is 1. The Morgan fingerprint density at radius 2 is 2.11 bits per heavy atom. The van der Waals surface area contributed by atoms with Crippen molar-refractivity contribution < 1.29 is 8.78 Å². The number of rotatable bonds is 3. The molecule has 0 aromatic heterocycles. The van der Waals surface area contributed by atoms with Crippen LogP contribution in [0.4, 0.5) is 8.78 Å². The van der Waals surface area contributed by atoms with Crippen LogP contribution in [0.5, 0.6) is 0 Å². The second kappa shape index (κ2) is 4.47. The minimum absolute atomic E-state index is 0.0556. The predicted octanol–water partition coefficient (Wildman–Crippen LogP) is 3.58. The summed E-state index contributed by atoms with van der Waals surface area (Å²) in [5.41, 5.74) is 0.805. The van der Waals surface area contributed by atoms with E-state index in [1.165, 1.54) is 25.0 Å². The minimum Gasteiger partial charge on any atom is -0.307 e. The van der Waals surface area contributed by atoms with Crippen LogP contribution < -0.4 is 5.32 Å². The Hall–Kier alpha value is -1.22. The summed E-state index contributed by atoms with van der Waals surface area (Å²) in [6.45, 7) is 2.00. The third-order valence-electron chi connectivity index (χ3n) is 4.27. The Labute approximate surface area is 106 Å². The predicted molar refractivity (Wildman–Crippen MR) is 67.1 cm³/mol. The first-order chi connectivity index (χ1) is 8.65. The topological polar surface area (TPSA) is 12.0 Å². The lowest BCUT2D eigenvalue weighted by Gasteiger charge is -2.42. The highest BCUT2D eigenvalue weighted by Gasteiger charge is 2.41. The fourth-order valence-electron chi connectivity index (χ4n) is 3.11. The summed E-state index contributed by atoms with van der Waals surface area (Å²) in [5, 5.41) is 3.51. The van der Waals surface area contributed by atoms with Gasteiger partial charge in [0.1, 0.15) is 0 Å². The van der Waals surface area contributed by atoms with Crippen molar-refractivity contribution in [2.24, 2.45) is 11.8 Å². The standard InChI is InChI=1S/C15H17F2N/c1-9(10-5-6-13(16)14(17)7-10)18-15-8-11-3-2-4-12(11)15/h2,4-7,9,11-12,15,18H,3,8H2,1H3. The zero-order chi connectivity index (χ0) is 12.7. The molecule has 3 heteroatoms. The van der Waals surface area contributed by atoms with E-state index >= 15 is 0 Å². The van der Waals surface area contributed by atoms with Crippen LogP contribution in [0.25, 0.3) is 0 Å². The Morgan fingerprint density at radius 3 is 2.83 bits per heavy atom. The van der Waals surface area contributed by atoms with E-state index in [1.54, 1.807) is 6.07 Å². The van der Waals surface area contributed by atoms with Gasteiger partial charge in [-0.2, -0.15) is 0 Å². The SMILES string of the molecule is CC(NC1CC2CC=CC21)c1ccc(F)c(F)c1. The van der Waals surface area contributed by atoms with Crippen LogP contribution in [-0.4, -0.2) is 6.04 Å². The van der Waals surface area contributed by atoms with Gasteiger partial charge in [0.05, 0.1) is 0 Å². The lowest BCUT2D eigenvalue weighted by Crippen LogP contribution is -2.48. The molecule has 2 aliphatic rings. The molecule has 4 unspecified atom stereocenters. The lowest BCUT2D eigenvalue weighted by atomic mass is 9.71. The first kappa shape index (κ1) is 11.8. The molecule has 1 fully saturated rings. The third kappa shape index (κ3) is 1.97. The maximum Gasteiger partial charge on any atom is 0.159 e. The monoisotopic (exact) mass is 249 g/mol. The highest BCUT2D eigenvalue weighted by atomic mass is 19.2. The number of hydrogen-bond acceptors (Lipinski definition) is 1. The van der Waals surface area contributed by atoms with Crippen LogP contribution in [0.2, 0.25) is 0 Å². The normalized spacial score (nSPS) is 30.9. The van der Waals surface area contributed by atoms with Crippen molar-refractivity contribution in [1.29, 1.82) is 0 Å². The van der Waals surface area contributed by atoms with Crippen molar-refractivity contribution in [3.63, 3.8) is 0 Å². The van der Waals surface area contributed by atoms with E-state index < -0.39 is 11.6 Å². The van der Waals surface area contributed by atoms with Gasteiger partial charge in [-0.05, 0) is 49.3 Å². The number of nitrogens with one attached hydrogen (secondary N) is 1. The Kier molecular flexibility index (Phi) is 2.94. The fourth-order valence-corrected chi connectivity index (χ4v) is 3.11. The summed E-state index contributed by atoms with van der Waals surface area (Å²) in [6.07, 6.45) is 6.91. The zero-order valence-corrected chi connectivity index (χ0v) is 10.4. The molecule has 0 saturated heterocycles. The molecule has 1 N–H and O–H groups in total. The zero-order valence-electron chi connectivity index (χ0n) is 10.4. The number of hydrogen-bond donors (Lipinski definition) is 1. The lowest BCUT2D eigenvalue weighted by molar-refractivity contribution is 0.152. The quantitative estimate of drug-likeness (QED) is 0.807. The maximum absolute atomic E-state index is 13.2. The van der Waals surface area contributed by atoms with E-state index in [0.717, 1.165) is 11.5 Å². The molecule has 0 heterocycles. The van der Waals surface area contributed by atoms with Gasteiger partial charge >= 0.3 is 0 Å². The number of benzene rings is 1. The molecule has 0 bridgehead atoms. The van der Waals surface area contributed by atoms with Gasteiger partial charge in [-0.25, -0.2) is 8.78 Å². The van der Waals surface area contributed by atoms with E-state index in [2.05, 4.69) is 17.5 Å². The number of halogens is 2. The summed E-state index contributed by atoms with van der Waals surface area (Å²) in [4.78, 5) is 0. The molecule has 96 valence electrons. The van der Waals surface area contributed by atoms with Crippen LogP contribution in [0.1, 0.15) is 31.4 Å². The van der Waals surface area contributed by atoms with Crippen LogP contribution in [-0.2, 0) is 0 Å². The van der Waals surface area contributed by atoms with Gasteiger partial charge in [0.25, 0.3) is 0 Å². The van der Waals surface area contributed by atoms with Crippen molar-refractivity contribution in [1.82, 2.24) is 5.32 Å². The fraction of sp³-hybridized carbons (Fsp3) is 0.467. The van der Waals surface area contributed by atoms with E-state index in [1.807, 2.05) is 6.92 Å². The Bertz CT molecular complexity index is 483. The van der Waals surface area contributed by atoms with Gasteiger partial charge in [-0.3, -0.25) is 0 Å². The van der Waals surface area contributed by atoms with Crippen molar-refractivity contribution in [2.75, 3.05) is 0 Å². The number of allylic oxidation sites excluding steroid dienone is 1. The molecular weight excluding hydrogens is 232 g/mol. The average molecular weight is 249 g/mol. The summed E-state index contributed by atoms with van der Waals surface area (Å²) in [5.74, 6) is -0.112. The molecule has 1 aromatic carbocycles. The van der Waals surface area contributed by atoms with Crippen LogP contribution >= 0.6 is 0 Å². The van der Waals surface area contributed by atoms with Crippen molar-refractivity contribution in [2.45, 2.75) is 31.8 Å². The van der Waals surface area contributed by atoms with Crippen LogP contribution in [0.3, 0.4) is 0 Å². The van der Waals surface area contributed by atoms with Crippen molar-refractivity contribution in [3.8, 4) is 0 Å². The molecule has 18 heavy (non-hydrogen) atoms. The van der Waals surface area contributed by atoms with E-state index in [0.29, 0.717) is 12.0 Å². The largest absolute Gasteiger partial charge is 0.307 e. The second-order valence-corrected chi connectivity index (χ2v) is 5.41. The minimum atomic E-state index is -0.784. The van der Waals surface area contributed by atoms with E-state index in [-0.39, 0.29) is 6.04 Å². The molecule has 0 spiro atoms. The van der Waals surface area contributed by atoms with Gasteiger partial charge in [0.15, 0.2) is 11.6 Å². The molecule has 0 radical (unpaired) electrons. The van der Waals surface area contributed by atoms with E-state index in [4.69, 9.17) is 0 Å². The molecule has 4 atom stereocenters. The molecule has 1 saturated carbocycles. The highest BCUT2D eigenvalue weighted by molar-refractivity contribution is 5.22. The van der Waals surface area contributed by atoms with Gasteiger partial charge < -0.3 is 5.32 Å². The van der Waals surface area contributed by atoms with Gasteiger partial charge in [-0.1, -0.05) is 18.2 Å². The third-order valence-corrected chi connectivity index (χ3v) is 4.27. The molecule has 1 nitrogen and oxygen atoms in total. The molecule has 1 aromatic rings. The molecule has 0 aliphatic heterocycles. The van der Waals surface area contributed by atoms with Crippen molar-refractivity contribution in [3.05, 3.63) is 47.5 Å². The van der Waals surface area contributed by atoms with E-state index in [9.17, 15) is 8.78 Å². The summed E-state index contributed by atoms with van der Waals surface area (Å²) in [7, 11) is 0. The van der Waals surface area contributed by atoms with Crippen LogP contribution in [0.15, 0.2) is 30.4 Å². The smallest absolute Gasteiger partial charge is 0.159 e. The summed E-state index contributed by atoms with van der Waals surface area (Å²) in [6, 6.07) is 4.67. The maximum atomic E-state index is 13.2. The molecule has 3 rings (SSSR count). The summed E-state index contributed by atoms with van der Waals surface area (Å²) < 4.78 is 26.0. The van der Waals surface area contributed by atoms with Gasteiger partial charge in [0, 0.05) is 12.1 Å².